The van der Waals surface area contributed by atoms with E-state index in [9.17, 15) is 9.18 Å². The second kappa shape index (κ2) is 8.66. The number of nitrogens with one attached hydrogen (secondary N) is 1. The molecule has 0 spiro atoms. The van der Waals surface area contributed by atoms with Gasteiger partial charge in [-0.15, -0.1) is 0 Å². The molecular weight excluding hydrogens is 257 g/mol. The van der Waals surface area contributed by atoms with Gasteiger partial charge in [0.05, 0.1) is 0 Å². The van der Waals surface area contributed by atoms with Crippen molar-refractivity contribution >= 4 is 5.91 Å². The number of halogens is 1. The van der Waals surface area contributed by atoms with Crippen LogP contribution in [0.15, 0.2) is 24.3 Å². The molecule has 0 heterocycles. The summed E-state index contributed by atoms with van der Waals surface area (Å²) < 4.78 is 13.8. The lowest BCUT2D eigenvalue weighted by Crippen LogP contribution is -2.38. The Morgan fingerprint density at radius 3 is 2.60 bits per heavy atom. The number of amides is 1. The van der Waals surface area contributed by atoms with Gasteiger partial charge in [-0.3, -0.25) is 9.69 Å². The summed E-state index contributed by atoms with van der Waals surface area (Å²) in [6, 6.07) is 5.78. The number of benzene rings is 1. The lowest BCUT2D eigenvalue weighted by atomic mass is 10.0. The molecule has 3 N–H and O–H groups in total. The van der Waals surface area contributed by atoms with E-state index in [2.05, 4.69) is 5.32 Å². The zero-order chi connectivity index (χ0) is 15.0. The summed E-state index contributed by atoms with van der Waals surface area (Å²) in [6.07, 6.45) is 2.84. The molecule has 0 aliphatic carbocycles. The molecule has 20 heavy (non-hydrogen) atoms. The highest BCUT2D eigenvalue weighted by atomic mass is 19.1. The molecule has 0 saturated carbocycles. The molecular formula is C15H24FN3O. The first-order chi connectivity index (χ1) is 9.57. The molecule has 1 aromatic carbocycles. The number of carbonyl (C=O) groups excluding carboxylic acids is 1. The molecule has 0 radical (unpaired) electrons. The number of likely N-dealkylation sites (N-methyl/N-ethyl adjacent to an activating group) is 1. The highest BCUT2D eigenvalue weighted by Gasteiger charge is 2.24. The lowest BCUT2D eigenvalue weighted by molar-refractivity contribution is -0.125. The highest BCUT2D eigenvalue weighted by Crippen LogP contribution is 2.21. The van der Waals surface area contributed by atoms with Crippen LogP contribution < -0.4 is 11.1 Å². The van der Waals surface area contributed by atoms with Gasteiger partial charge in [0.2, 0.25) is 5.91 Å². The maximum Gasteiger partial charge on any atom is 0.242 e. The van der Waals surface area contributed by atoms with Crippen molar-refractivity contribution in [3.8, 4) is 0 Å². The van der Waals surface area contributed by atoms with E-state index < -0.39 is 6.04 Å². The van der Waals surface area contributed by atoms with E-state index in [-0.39, 0.29) is 11.7 Å². The fourth-order valence-corrected chi connectivity index (χ4v) is 2.11. The van der Waals surface area contributed by atoms with Gasteiger partial charge < -0.3 is 11.1 Å². The number of carbonyl (C=O) groups is 1. The smallest absolute Gasteiger partial charge is 0.242 e. The predicted molar refractivity (Wildman–Crippen MR) is 78.7 cm³/mol. The number of nitrogens with two attached hydrogens (primary N) is 1. The standard InChI is InChI=1S/C15H24FN3O/c1-19(2)14(12-8-4-5-9-13(12)16)15(20)18-11-7-3-6-10-17/h4-5,8-9,14H,3,6-7,10-11,17H2,1-2H3,(H,18,20)/t14-/m1/s1. The predicted octanol–water partition coefficient (Wildman–Crippen LogP) is 1.67. The molecule has 1 amide bonds. The van der Waals surface area contributed by atoms with E-state index in [4.69, 9.17) is 5.73 Å². The van der Waals surface area contributed by atoms with Gasteiger partial charge in [-0.05, 0) is 39.5 Å². The number of unbranched alkanes of at least 4 members (excludes halogenated alkanes) is 2. The number of hydrogen-bond donors (Lipinski definition) is 2. The van der Waals surface area contributed by atoms with Crippen molar-refractivity contribution in [2.75, 3.05) is 27.2 Å². The summed E-state index contributed by atoms with van der Waals surface area (Å²) in [6.45, 7) is 1.27. The number of rotatable bonds is 8. The molecule has 0 unspecified atom stereocenters. The minimum Gasteiger partial charge on any atom is -0.354 e. The average molecular weight is 281 g/mol. The van der Waals surface area contributed by atoms with Gasteiger partial charge in [0, 0.05) is 12.1 Å². The van der Waals surface area contributed by atoms with E-state index in [0.717, 1.165) is 19.3 Å². The minimum absolute atomic E-state index is 0.173. The first-order valence-electron chi connectivity index (χ1n) is 6.96. The molecule has 0 aliphatic rings. The molecule has 4 nitrogen and oxygen atoms in total. The Labute approximate surface area is 120 Å². The van der Waals surface area contributed by atoms with Crippen molar-refractivity contribution in [1.29, 1.82) is 0 Å². The molecule has 1 rings (SSSR count). The van der Waals surface area contributed by atoms with E-state index >= 15 is 0 Å². The quantitative estimate of drug-likeness (QED) is 0.713. The van der Waals surface area contributed by atoms with Crippen molar-refractivity contribution in [3.05, 3.63) is 35.6 Å². The SMILES string of the molecule is CN(C)[C@@H](C(=O)NCCCCCN)c1ccccc1F. The molecule has 0 fully saturated rings. The molecule has 5 heteroatoms. The third-order valence-electron chi connectivity index (χ3n) is 3.14. The summed E-state index contributed by atoms with van der Waals surface area (Å²) in [5.41, 5.74) is 5.82. The maximum atomic E-state index is 13.8. The Hall–Kier alpha value is -1.46. The summed E-state index contributed by atoms with van der Waals surface area (Å²) in [5, 5.41) is 2.86. The molecule has 1 aromatic rings. The van der Waals surface area contributed by atoms with Gasteiger partial charge >= 0.3 is 0 Å². The fourth-order valence-electron chi connectivity index (χ4n) is 2.11. The Morgan fingerprint density at radius 2 is 2.00 bits per heavy atom. The Kier molecular flexibility index (Phi) is 7.18. The van der Waals surface area contributed by atoms with Gasteiger partial charge in [0.25, 0.3) is 0 Å². The van der Waals surface area contributed by atoms with Gasteiger partial charge in [-0.2, -0.15) is 0 Å². The van der Waals surface area contributed by atoms with E-state index in [1.54, 1.807) is 37.2 Å². The molecule has 1 atom stereocenters. The van der Waals surface area contributed by atoms with Crippen molar-refractivity contribution in [1.82, 2.24) is 10.2 Å². The molecule has 0 bridgehead atoms. The van der Waals surface area contributed by atoms with Crippen molar-refractivity contribution in [3.63, 3.8) is 0 Å². The average Bonchev–Trinajstić information content (AvgIpc) is 2.40. The van der Waals surface area contributed by atoms with Crippen LogP contribution in [0.5, 0.6) is 0 Å². The third-order valence-corrected chi connectivity index (χ3v) is 3.14. The van der Waals surface area contributed by atoms with E-state index in [0.29, 0.717) is 18.7 Å². The maximum absolute atomic E-state index is 13.8. The second-order valence-corrected chi connectivity index (χ2v) is 5.03. The van der Waals surface area contributed by atoms with E-state index in [1.165, 1.54) is 6.07 Å². The molecule has 0 aliphatic heterocycles. The van der Waals surface area contributed by atoms with Crippen LogP contribution in [0.1, 0.15) is 30.9 Å². The van der Waals surface area contributed by atoms with Crippen LogP contribution in [0.2, 0.25) is 0 Å². The van der Waals surface area contributed by atoms with E-state index in [1.807, 2.05) is 0 Å². The monoisotopic (exact) mass is 281 g/mol. The van der Waals surface area contributed by atoms with Gasteiger partial charge in [-0.1, -0.05) is 24.6 Å². The first kappa shape index (κ1) is 16.6. The summed E-state index contributed by atoms with van der Waals surface area (Å²) in [4.78, 5) is 13.9. The van der Waals surface area contributed by atoms with Gasteiger partial charge in [0.1, 0.15) is 11.9 Å². The lowest BCUT2D eigenvalue weighted by Gasteiger charge is -2.24. The fraction of sp³-hybridized carbons (Fsp3) is 0.533. The topological polar surface area (TPSA) is 58.4 Å². The van der Waals surface area contributed by atoms with Crippen molar-refractivity contribution in [2.24, 2.45) is 5.73 Å². The largest absolute Gasteiger partial charge is 0.354 e. The van der Waals surface area contributed by atoms with Crippen molar-refractivity contribution < 1.29 is 9.18 Å². The van der Waals surface area contributed by atoms with Crippen LogP contribution in [-0.2, 0) is 4.79 Å². The third kappa shape index (κ3) is 4.90. The first-order valence-corrected chi connectivity index (χ1v) is 6.96. The van der Waals surface area contributed by atoms with Crippen LogP contribution >= 0.6 is 0 Å². The van der Waals surface area contributed by atoms with Crippen LogP contribution in [0, 0.1) is 5.82 Å². The molecule has 112 valence electrons. The highest BCUT2D eigenvalue weighted by molar-refractivity contribution is 5.83. The van der Waals surface area contributed by atoms with Crippen LogP contribution in [0.25, 0.3) is 0 Å². The summed E-state index contributed by atoms with van der Waals surface area (Å²) in [7, 11) is 3.54. The second-order valence-electron chi connectivity index (χ2n) is 5.03. The zero-order valence-corrected chi connectivity index (χ0v) is 12.2. The van der Waals surface area contributed by atoms with Gasteiger partial charge in [-0.25, -0.2) is 4.39 Å². The van der Waals surface area contributed by atoms with Crippen LogP contribution in [0.3, 0.4) is 0 Å². The normalized spacial score (nSPS) is 12.4. The summed E-state index contributed by atoms with van der Waals surface area (Å²) in [5.74, 6) is -0.530. The Bertz CT molecular complexity index is 423. The Morgan fingerprint density at radius 1 is 1.30 bits per heavy atom. The van der Waals surface area contributed by atoms with Crippen LogP contribution in [-0.4, -0.2) is 38.0 Å². The minimum atomic E-state index is -0.606. The Balaban J connectivity index is 2.63. The zero-order valence-electron chi connectivity index (χ0n) is 12.2. The number of hydrogen-bond acceptors (Lipinski definition) is 3. The molecule has 0 aromatic heterocycles. The summed E-state index contributed by atoms with van der Waals surface area (Å²) >= 11 is 0. The van der Waals surface area contributed by atoms with Gasteiger partial charge in [0.15, 0.2) is 0 Å². The molecule has 0 saturated heterocycles. The number of nitrogens with zero attached hydrogens (tertiary/aromatic N) is 1. The van der Waals surface area contributed by atoms with Crippen LogP contribution in [0.4, 0.5) is 4.39 Å². The van der Waals surface area contributed by atoms with Crippen molar-refractivity contribution in [2.45, 2.75) is 25.3 Å².